The quantitative estimate of drug-likeness (QED) is 0.740. The van der Waals surface area contributed by atoms with Gasteiger partial charge in [-0.1, -0.05) is 6.92 Å². The topological polar surface area (TPSA) is 93.2 Å². The first-order valence-electron chi connectivity index (χ1n) is 8.63. The van der Waals surface area contributed by atoms with Crippen molar-refractivity contribution in [2.24, 2.45) is 0 Å². The maximum absolute atomic E-state index is 12.3. The van der Waals surface area contributed by atoms with Gasteiger partial charge in [0.1, 0.15) is 17.3 Å². The lowest BCUT2D eigenvalue weighted by Gasteiger charge is -2.12. The second-order valence-corrected chi connectivity index (χ2v) is 5.89. The number of nitrogens with one attached hydrogen (secondary N) is 2. The van der Waals surface area contributed by atoms with Gasteiger partial charge in [-0.05, 0) is 51.5 Å². The van der Waals surface area contributed by atoms with Crippen LogP contribution in [0.15, 0.2) is 30.3 Å². The van der Waals surface area contributed by atoms with Gasteiger partial charge in [-0.2, -0.15) is 0 Å². The predicted molar refractivity (Wildman–Crippen MR) is 99.7 cm³/mol. The van der Waals surface area contributed by atoms with Gasteiger partial charge in [0.05, 0.1) is 12.2 Å². The molecule has 0 spiro atoms. The Morgan fingerprint density at radius 1 is 1.15 bits per heavy atom. The predicted octanol–water partition coefficient (Wildman–Crippen LogP) is 3.23. The van der Waals surface area contributed by atoms with Crippen LogP contribution in [0.5, 0.6) is 0 Å². The maximum Gasteiger partial charge on any atom is 0.338 e. The van der Waals surface area contributed by atoms with Crippen LogP contribution < -0.4 is 10.6 Å². The highest BCUT2D eigenvalue weighted by Gasteiger charge is 2.13. The molecule has 0 aliphatic heterocycles. The van der Waals surface area contributed by atoms with Crippen LogP contribution in [0.1, 0.15) is 53.9 Å². The molecule has 26 heavy (non-hydrogen) atoms. The van der Waals surface area contributed by atoms with E-state index in [9.17, 15) is 9.59 Å². The fourth-order valence-electron chi connectivity index (χ4n) is 2.20. The average molecular weight is 356 g/mol. The van der Waals surface area contributed by atoms with Gasteiger partial charge in [-0.3, -0.25) is 4.79 Å². The Balaban J connectivity index is 2.14. The Labute approximate surface area is 153 Å². The molecule has 2 rings (SSSR count). The largest absolute Gasteiger partial charge is 0.462 e. The summed E-state index contributed by atoms with van der Waals surface area (Å²) in [7, 11) is 0. The lowest BCUT2D eigenvalue weighted by atomic mass is 10.2. The lowest BCUT2D eigenvalue weighted by Crippen LogP contribution is -2.32. The number of anilines is 2. The standard InChI is InChI=1S/C19H24N4O3/c1-5-12(3)20-18(24)16-11-17(22-13(4)21-16)23-15-9-7-14(8-10-15)19(25)26-6-2/h7-12H,5-6H2,1-4H3,(H,20,24)(H,21,22,23). The highest BCUT2D eigenvalue weighted by molar-refractivity contribution is 5.93. The van der Waals surface area contributed by atoms with E-state index >= 15 is 0 Å². The number of ether oxygens (including phenoxy) is 1. The molecule has 1 unspecified atom stereocenters. The number of hydrogen-bond donors (Lipinski definition) is 2. The summed E-state index contributed by atoms with van der Waals surface area (Å²) in [6, 6.07) is 8.52. The number of nitrogens with zero attached hydrogens (tertiary/aromatic N) is 2. The van der Waals surface area contributed by atoms with E-state index in [-0.39, 0.29) is 17.9 Å². The fraction of sp³-hybridized carbons (Fsp3) is 0.368. The van der Waals surface area contributed by atoms with Crippen LogP contribution in [0, 0.1) is 6.92 Å². The molecule has 0 aliphatic carbocycles. The van der Waals surface area contributed by atoms with Gasteiger partial charge in [0.25, 0.3) is 5.91 Å². The molecule has 2 aromatic rings. The molecule has 0 radical (unpaired) electrons. The van der Waals surface area contributed by atoms with Crippen LogP contribution in [-0.2, 0) is 4.74 Å². The van der Waals surface area contributed by atoms with Crippen molar-refractivity contribution < 1.29 is 14.3 Å². The Bertz CT molecular complexity index is 775. The smallest absolute Gasteiger partial charge is 0.338 e. The summed E-state index contributed by atoms with van der Waals surface area (Å²) in [6.45, 7) is 7.77. The third kappa shape index (κ3) is 5.27. The van der Waals surface area contributed by atoms with Crippen molar-refractivity contribution in [3.8, 4) is 0 Å². The number of aryl methyl sites for hydroxylation is 1. The Morgan fingerprint density at radius 3 is 2.46 bits per heavy atom. The summed E-state index contributed by atoms with van der Waals surface area (Å²) in [5, 5.41) is 6.01. The number of carbonyl (C=O) groups is 2. The lowest BCUT2D eigenvalue weighted by molar-refractivity contribution is 0.0526. The second kappa shape index (κ2) is 8.94. The maximum atomic E-state index is 12.3. The van der Waals surface area contributed by atoms with Gasteiger partial charge >= 0.3 is 5.97 Å². The van der Waals surface area contributed by atoms with Gasteiger partial charge in [-0.15, -0.1) is 0 Å². The van der Waals surface area contributed by atoms with Gasteiger partial charge in [0.15, 0.2) is 0 Å². The summed E-state index contributed by atoms with van der Waals surface area (Å²) in [4.78, 5) is 32.5. The molecule has 0 saturated carbocycles. The van der Waals surface area contributed by atoms with E-state index < -0.39 is 0 Å². The minimum absolute atomic E-state index is 0.0737. The van der Waals surface area contributed by atoms with Crippen molar-refractivity contribution in [1.29, 1.82) is 0 Å². The molecular weight excluding hydrogens is 332 g/mol. The monoisotopic (exact) mass is 356 g/mol. The first-order valence-corrected chi connectivity index (χ1v) is 8.63. The summed E-state index contributed by atoms with van der Waals surface area (Å²) in [5.41, 5.74) is 1.53. The van der Waals surface area contributed by atoms with Crippen LogP contribution in [0.4, 0.5) is 11.5 Å². The van der Waals surface area contributed by atoms with Crippen molar-refractivity contribution in [2.75, 3.05) is 11.9 Å². The zero-order valence-corrected chi connectivity index (χ0v) is 15.5. The number of hydrogen-bond acceptors (Lipinski definition) is 6. The molecule has 7 heteroatoms. The van der Waals surface area contributed by atoms with E-state index in [2.05, 4.69) is 20.6 Å². The Kier molecular flexibility index (Phi) is 6.66. The molecule has 0 saturated heterocycles. The van der Waals surface area contributed by atoms with E-state index in [1.807, 2.05) is 13.8 Å². The van der Waals surface area contributed by atoms with Crippen LogP contribution in [0.3, 0.4) is 0 Å². The van der Waals surface area contributed by atoms with Crippen LogP contribution in [0.2, 0.25) is 0 Å². The van der Waals surface area contributed by atoms with Crippen molar-refractivity contribution in [3.05, 3.63) is 47.4 Å². The number of esters is 1. The number of amides is 1. The first kappa shape index (κ1) is 19.4. The van der Waals surface area contributed by atoms with E-state index in [0.717, 1.165) is 12.1 Å². The fourth-order valence-corrected chi connectivity index (χ4v) is 2.20. The van der Waals surface area contributed by atoms with Gasteiger partial charge in [0.2, 0.25) is 0 Å². The first-order chi connectivity index (χ1) is 12.4. The van der Waals surface area contributed by atoms with Crippen molar-refractivity contribution >= 4 is 23.4 Å². The number of aromatic nitrogens is 2. The van der Waals surface area contributed by atoms with Crippen molar-refractivity contribution in [3.63, 3.8) is 0 Å². The molecule has 0 bridgehead atoms. The van der Waals surface area contributed by atoms with Crippen LogP contribution >= 0.6 is 0 Å². The van der Waals surface area contributed by atoms with E-state index in [1.165, 1.54) is 0 Å². The normalized spacial score (nSPS) is 11.5. The van der Waals surface area contributed by atoms with Crippen molar-refractivity contribution in [2.45, 2.75) is 40.2 Å². The second-order valence-electron chi connectivity index (χ2n) is 5.89. The third-order valence-electron chi connectivity index (χ3n) is 3.73. The van der Waals surface area contributed by atoms with E-state index in [1.54, 1.807) is 44.2 Å². The van der Waals surface area contributed by atoms with Gasteiger partial charge < -0.3 is 15.4 Å². The summed E-state index contributed by atoms with van der Waals surface area (Å²) < 4.78 is 4.96. The van der Waals surface area contributed by atoms with Crippen LogP contribution in [-0.4, -0.2) is 34.5 Å². The van der Waals surface area contributed by atoms with Crippen molar-refractivity contribution in [1.82, 2.24) is 15.3 Å². The molecule has 0 aliphatic rings. The average Bonchev–Trinajstić information content (AvgIpc) is 2.61. The third-order valence-corrected chi connectivity index (χ3v) is 3.73. The molecule has 1 aromatic carbocycles. The summed E-state index contributed by atoms with van der Waals surface area (Å²) in [5.74, 6) is 0.412. The molecule has 1 amide bonds. The Morgan fingerprint density at radius 2 is 1.85 bits per heavy atom. The molecule has 7 nitrogen and oxygen atoms in total. The van der Waals surface area contributed by atoms with Gasteiger partial charge in [-0.25, -0.2) is 14.8 Å². The summed E-state index contributed by atoms with van der Waals surface area (Å²) in [6.07, 6.45) is 0.841. The van der Waals surface area contributed by atoms with Crippen LogP contribution in [0.25, 0.3) is 0 Å². The van der Waals surface area contributed by atoms with Gasteiger partial charge in [0, 0.05) is 17.8 Å². The zero-order valence-electron chi connectivity index (χ0n) is 15.5. The van der Waals surface area contributed by atoms with E-state index in [0.29, 0.717) is 29.5 Å². The SMILES string of the molecule is CCOC(=O)c1ccc(Nc2cc(C(=O)NC(C)CC)nc(C)n2)cc1. The number of benzene rings is 1. The minimum atomic E-state index is -0.360. The summed E-state index contributed by atoms with van der Waals surface area (Å²) >= 11 is 0. The molecule has 1 aromatic heterocycles. The zero-order chi connectivity index (χ0) is 19.1. The highest BCUT2D eigenvalue weighted by atomic mass is 16.5. The Hall–Kier alpha value is -2.96. The molecule has 1 atom stereocenters. The van der Waals surface area contributed by atoms with E-state index in [4.69, 9.17) is 4.74 Å². The number of carbonyl (C=O) groups excluding carboxylic acids is 2. The minimum Gasteiger partial charge on any atom is -0.462 e. The molecule has 1 heterocycles. The molecule has 2 N–H and O–H groups in total. The molecule has 138 valence electrons. The highest BCUT2D eigenvalue weighted by Crippen LogP contribution is 2.17. The number of rotatable bonds is 7. The molecule has 0 fully saturated rings. The molecular formula is C19H24N4O3.